The van der Waals surface area contributed by atoms with Crippen molar-refractivity contribution < 1.29 is 9.47 Å². The zero-order valence-electron chi connectivity index (χ0n) is 5.96. The number of hydrogen-bond donors (Lipinski definition) is 0. The van der Waals surface area contributed by atoms with E-state index in [2.05, 4.69) is 13.8 Å². The lowest BCUT2D eigenvalue weighted by Gasteiger charge is -2.02. The summed E-state index contributed by atoms with van der Waals surface area (Å²) in [6.45, 7) is 7.65. The van der Waals surface area contributed by atoms with Crippen LogP contribution < -0.4 is 0 Å². The first-order valence-corrected chi connectivity index (χ1v) is 3.35. The van der Waals surface area contributed by atoms with E-state index < -0.39 is 0 Å². The van der Waals surface area contributed by atoms with E-state index in [4.69, 9.17) is 9.47 Å². The van der Waals surface area contributed by atoms with Gasteiger partial charge < -0.3 is 9.47 Å². The molecule has 0 N–H and O–H groups in total. The molecule has 0 amide bonds. The minimum Gasteiger partial charge on any atom is -0.372 e. The molecular weight excluding hydrogens is 116 g/mol. The second kappa shape index (κ2) is 3.18. The summed E-state index contributed by atoms with van der Waals surface area (Å²) in [6, 6.07) is 0. The lowest BCUT2D eigenvalue weighted by molar-refractivity contribution is 0.152. The van der Waals surface area contributed by atoms with E-state index in [9.17, 15) is 0 Å². The Morgan fingerprint density at radius 3 is 2.89 bits per heavy atom. The van der Waals surface area contributed by atoms with Crippen LogP contribution in [0.4, 0.5) is 0 Å². The summed E-state index contributed by atoms with van der Waals surface area (Å²) in [5, 5.41) is 0. The molecule has 1 radical (unpaired) electrons. The third-order valence-electron chi connectivity index (χ3n) is 1.05. The van der Waals surface area contributed by atoms with Gasteiger partial charge in [0.25, 0.3) is 0 Å². The molecule has 0 aromatic carbocycles. The van der Waals surface area contributed by atoms with Gasteiger partial charge in [-0.05, 0) is 5.92 Å². The molecule has 53 valence electrons. The van der Waals surface area contributed by atoms with E-state index in [-0.39, 0.29) is 0 Å². The van der Waals surface area contributed by atoms with Crippen molar-refractivity contribution in [2.45, 2.75) is 20.0 Å². The monoisotopic (exact) mass is 129 g/mol. The van der Waals surface area contributed by atoms with Crippen LogP contribution in [0.3, 0.4) is 0 Å². The Morgan fingerprint density at radius 1 is 1.78 bits per heavy atom. The summed E-state index contributed by atoms with van der Waals surface area (Å²) in [5.74, 6) is 0.517. The Balaban J connectivity index is 1.81. The van der Waals surface area contributed by atoms with Gasteiger partial charge in [-0.1, -0.05) is 13.8 Å². The molecular formula is C7H13O2. The van der Waals surface area contributed by atoms with Gasteiger partial charge in [-0.2, -0.15) is 0 Å². The molecule has 2 nitrogen and oxygen atoms in total. The van der Waals surface area contributed by atoms with Crippen molar-refractivity contribution in [3.63, 3.8) is 0 Å². The molecule has 0 spiro atoms. The third-order valence-corrected chi connectivity index (χ3v) is 1.05. The molecule has 1 aliphatic heterocycles. The first-order valence-electron chi connectivity index (χ1n) is 3.35. The summed E-state index contributed by atoms with van der Waals surface area (Å²) in [7, 11) is 0. The fraction of sp³-hybridized carbons (Fsp3) is 0.857. The maximum Gasteiger partial charge on any atom is 0.104 e. The van der Waals surface area contributed by atoms with Crippen LogP contribution in [0, 0.1) is 12.5 Å². The Bertz CT molecular complexity index is 75.0. The summed E-state index contributed by atoms with van der Waals surface area (Å²) in [6.07, 6.45) is 0.389. The first-order chi connectivity index (χ1) is 4.29. The van der Waals surface area contributed by atoms with Crippen molar-refractivity contribution in [2.24, 2.45) is 5.92 Å². The van der Waals surface area contributed by atoms with Crippen LogP contribution >= 0.6 is 0 Å². The van der Waals surface area contributed by atoms with Crippen LogP contribution in [0.25, 0.3) is 0 Å². The summed E-state index contributed by atoms with van der Waals surface area (Å²) in [4.78, 5) is 0. The van der Waals surface area contributed by atoms with Crippen LogP contribution in [0.1, 0.15) is 13.8 Å². The van der Waals surface area contributed by atoms with E-state index in [0.29, 0.717) is 12.0 Å². The van der Waals surface area contributed by atoms with Crippen molar-refractivity contribution >= 4 is 0 Å². The zero-order valence-corrected chi connectivity index (χ0v) is 5.96. The molecule has 1 unspecified atom stereocenters. The van der Waals surface area contributed by atoms with Gasteiger partial charge in [-0.3, -0.25) is 0 Å². The Hall–Kier alpha value is -0.0800. The fourth-order valence-electron chi connectivity index (χ4n) is 0.520. The average Bonchev–Trinajstić information content (AvgIpc) is 2.48. The average molecular weight is 129 g/mol. The van der Waals surface area contributed by atoms with Crippen molar-refractivity contribution in [1.82, 2.24) is 0 Å². The van der Waals surface area contributed by atoms with Crippen LogP contribution in [0.15, 0.2) is 0 Å². The summed E-state index contributed by atoms with van der Waals surface area (Å²) in [5.41, 5.74) is 0. The third kappa shape index (κ3) is 3.49. The smallest absolute Gasteiger partial charge is 0.104 e. The molecule has 9 heavy (non-hydrogen) atoms. The van der Waals surface area contributed by atoms with Gasteiger partial charge in [0.15, 0.2) is 0 Å². The van der Waals surface area contributed by atoms with Gasteiger partial charge >= 0.3 is 0 Å². The molecule has 1 heterocycles. The van der Waals surface area contributed by atoms with Gasteiger partial charge in [0.1, 0.15) is 6.10 Å². The number of rotatable bonds is 4. The largest absolute Gasteiger partial charge is 0.372 e. The minimum atomic E-state index is 0.389. The minimum absolute atomic E-state index is 0.389. The van der Waals surface area contributed by atoms with Crippen molar-refractivity contribution in [3.05, 3.63) is 6.61 Å². The van der Waals surface area contributed by atoms with Crippen molar-refractivity contribution in [1.29, 1.82) is 0 Å². The highest BCUT2D eigenvalue weighted by molar-refractivity contribution is 4.69. The van der Waals surface area contributed by atoms with E-state index in [1.807, 2.05) is 6.61 Å². The van der Waals surface area contributed by atoms with E-state index in [1.54, 1.807) is 0 Å². The molecule has 0 saturated carbocycles. The quantitative estimate of drug-likeness (QED) is 0.532. The lowest BCUT2D eigenvalue weighted by atomic mass is 10.2. The molecule has 1 saturated heterocycles. The molecule has 0 aromatic heterocycles. The van der Waals surface area contributed by atoms with E-state index >= 15 is 0 Å². The van der Waals surface area contributed by atoms with Gasteiger partial charge in [0.2, 0.25) is 0 Å². The predicted molar refractivity (Wildman–Crippen MR) is 34.8 cm³/mol. The summed E-state index contributed by atoms with van der Waals surface area (Å²) < 4.78 is 10.1. The second-order valence-electron chi connectivity index (χ2n) is 2.67. The fourth-order valence-corrected chi connectivity index (χ4v) is 0.520. The van der Waals surface area contributed by atoms with Crippen molar-refractivity contribution in [3.8, 4) is 0 Å². The lowest BCUT2D eigenvalue weighted by Crippen LogP contribution is -2.01. The highest BCUT2D eigenvalue weighted by Crippen LogP contribution is 2.10. The standard InChI is InChI=1S/C7H13O2/c1-6(2)3-8-4-7-5-9-7/h3,6-7H,4-5H2,1-2H3. The van der Waals surface area contributed by atoms with E-state index in [1.165, 1.54) is 0 Å². The highest BCUT2D eigenvalue weighted by atomic mass is 16.6. The molecule has 0 bridgehead atoms. The summed E-state index contributed by atoms with van der Waals surface area (Å²) >= 11 is 0. The molecule has 0 aromatic rings. The molecule has 1 rings (SSSR count). The topological polar surface area (TPSA) is 21.8 Å². The Labute approximate surface area is 56.2 Å². The maximum absolute atomic E-state index is 5.17. The van der Waals surface area contributed by atoms with Crippen LogP contribution in [-0.2, 0) is 9.47 Å². The Morgan fingerprint density at radius 2 is 2.44 bits per heavy atom. The molecule has 2 heteroatoms. The highest BCUT2D eigenvalue weighted by Gasteiger charge is 2.22. The zero-order chi connectivity index (χ0) is 6.69. The molecule has 1 atom stereocenters. The molecule has 1 fully saturated rings. The Kier molecular flexibility index (Phi) is 2.49. The van der Waals surface area contributed by atoms with Gasteiger partial charge in [0, 0.05) is 0 Å². The second-order valence-corrected chi connectivity index (χ2v) is 2.67. The number of epoxide rings is 1. The number of hydrogen-bond acceptors (Lipinski definition) is 2. The SMILES string of the molecule is CC(C)[CH]OCC1CO1. The van der Waals surface area contributed by atoms with Gasteiger partial charge in [0.05, 0.1) is 19.8 Å². The van der Waals surface area contributed by atoms with Crippen LogP contribution in [0.2, 0.25) is 0 Å². The van der Waals surface area contributed by atoms with Crippen LogP contribution in [0.5, 0.6) is 0 Å². The van der Waals surface area contributed by atoms with Gasteiger partial charge in [-0.25, -0.2) is 0 Å². The number of ether oxygens (including phenoxy) is 2. The normalized spacial score (nSPS) is 25.0. The molecule has 0 aliphatic carbocycles. The first kappa shape index (κ1) is 7.03. The predicted octanol–water partition coefficient (Wildman–Crippen LogP) is 1.22. The maximum atomic E-state index is 5.17. The van der Waals surface area contributed by atoms with Crippen molar-refractivity contribution in [2.75, 3.05) is 13.2 Å². The van der Waals surface area contributed by atoms with Gasteiger partial charge in [-0.15, -0.1) is 0 Å². The molecule has 1 aliphatic rings. The van der Waals surface area contributed by atoms with Crippen LogP contribution in [-0.4, -0.2) is 19.3 Å². The van der Waals surface area contributed by atoms with E-state index in [0.717, 1.165) is 13.2 Å².